The molecular formula is C10H16N4O. The molecule has 2 N–H and O–H groups in total. The molecule has 0 saturated carbocycles. The highest BCUT2D eigenvalue weighted by Gasteiger charge is 2.24. The van der Waals surface area contributed by atoms with Gasteiger partial charge in [0.1, 0.15) is 0 Å². The Morgan fingerprint density at radius 3 is 3.13 bits per heavy atom. The van der Waals surface area contributed by atoms with Crippen molar-refractivity contribution in [3.05, 3.63) is 22.7 Å². The van der Waals surface area contributed by atoms with Crippen molar-refractivity contribution >= 4 is 5.82 Å². The number of nitrogens with two attached hydrogens (primary N) is 1. The van der Waals surface area contributed by atoms with Crippen molar-refractivity contribution in [2.75, 3.05) is 24.5 Å². The van der Waals surface area contributed by atoms with Crippen LogP contribution in [-0.4, -0.2) is 29.2 Å². The second-order valence-electron chi connectivity index (χ2n) is 4.00. The predicted molar refractivity (Wildman–Crippen MR) is 58.9 cm³/mol. The lowest BCUT2D eigenvalue weighted by Gasteiger charge is -2.16. The van der Waals surface area contributed by atoms with Gasteiger partial charge in [-0.3, -0.25) is 4.79 Å². The van der Waals surface area contributed by atoms with E-state index in [2.05, 4.69) is 4.98 Å². The normalized spacial score (nSPS) is 20.9. The summed E-state index contributed by atoms with van der Waals surface area (Å²) in [4.78, 5) is 17.9. The summed E-state index contributed by atoms with van der Waals surface area (Å²) in [6.07, 6.45) is 4.38. The van der Waals surface area contributed by atoms with Crippen LogP contribution in [0.1, 0.15) is 6.42 Å². The fraction of sp³-hybridized carbons (Fsp3) is 0.600. The zero-order valence-electron chi connectivity index (χ0n) is 8.89. The van der Waals surface area contributed by atoms with E-state index in [9.17, 15) is 4.79 Å². The molecule has 82 valence electrons. The highest BCUT2D eigenvalue weighted by Crippen LogP contribution is 2.18. The number of nitrogens with zero attached hydrogens (tertiary/aromatic N) is 3. The van der Waals surface area contributed by atoms with Crippen molar-refractivity contribution in [1.29, 1.82) is 0 Å². The van der Waals surface area contributed by atoms with Crippen molar-refractivity contribution in [2.24, 2.45) is 18.7 Å². The van der Waals surface area contributed by atoms with Crippen molar-refractivity contribution in [1.82, 2.24) is 9.55 Å². The summed E-state index contributed by atoms with van der Waals surface area (Å²) in [6, 6.07) is 0. The first-order valence-electron chi connectivity index (χ1n) is 5.19. The summed E-state index contributed by atoms with van der Waals surface area (Å²) in [7, 11) is 1.74. The van der Waals surface area contributed by atoms with Gasteiger partial charge in [-0.05, 0) is 18.9 Å². The molecule has 0 spiro atoms. The maximum absolute atomic E-state index is 11.8. The number of anilines is 1. The molecule has 0 amide bonds. The maximum atomic E-state index is 11.8. The molecule has 5 heteroatoms. The number of aryl methyl sites for hydroxylation is 1. The summed E-state index contributed by atoms with van der Waals surface area (Å²) in [6.45, 7) is 2.42. The zero-order valence-corrected chi connectivity index (χ0v) is 8.89. The van der Waals surface area contributed by atoms with Gasteiger partial charge in [0.05, 0.1) is 0 Å². The van der Waals surface area contributed by atoms with E-state index in [1.54, 1.807) is 24.0 Å². The lowest BCUT2D eigenvalue weighted by atomic mass is 10.1. The van der Waals surface area contributed by atoms with Gasteiger partial charge < -0.3 is 15.2 Å². The van der Waals surface area contributed by atoms with Crippen molar-refractivity contribution in [2.45, 2.75) is 6.42 Å². The minimum atomic E-state index is -0.0322. The van der Waals surface area contributed by atoms with Gasteiger partial charge in [0.15, 0.2) is 5.82 Å². The monoisotopic (exact) mass is 208 g/mol. The lowest BCUT2D eigenvalue weighted by molar-refractivity contribution is 0.602. The predicted octanol–water partition coefficient (Wildman–Crippen LogP) is -0.435. The van der Waals surface area contributed by atoms with Crippen LogP contribution in [-0.2, 0) is 7.05 Å². The van der Waals surface area contributed by atoms with Crippen LogP contribution >= 0.6 is 0 Å². The van der Waals surface area contributed by atoms with Gasteiger partial charge in [-0.2, -0.15) is 0 Å². The van der Waals surface area contributed by atoms with Crippen molar-refractivity contribution in [3.8, 4) is 0 Å². The second-order valence-corrected chi connectivity index (χ2v) is 4.00. The highest BCUT2D eigenvalue weighted by atomic mass is 16.1. The zero-order chi connectivity index (χ0) is 10.8. The third-order valence-corrected chi connectivity index (χ3v) is 2.92. The van der Waals surface area contributed by atoms with E-state index in [0.29, 0.717) is 18.3 Å². The smallest absolute Gasteiger partial charge is 0.293 e. The number of aromatic nitrogens is 2. The summed E-state index contributed by atoms with van der Waals surface area (Å²) >= 11 is 0. The third kappa shape index (κ3) is 1.87. The number of hydrogen-bond acceptors (Lipinski definition) is 4. The van der Waals surface area contributed by atoms with Crippen molar-refractivity contribution in [3.63, 3.8) is 0 Å². The van der Waals surface area contributed by atoms with Crippen molar-refractivity contribution < 1.29 is 0 Å². The van der Waals surface area contributed by atoms with Crippen LogP contribution in [0.5, 0.6) is 0 Å². The molecule has 5 nitrogen and oxygen atoms in total. The molecule has 0 radical (unpaired) electrons. The van der Waals surface area contributed by atoms with Crippen LogP contribution in [0.2, 0.25) is 0 Å². The SMILES string of the molecule is Cn1ccnc(N2CC[C@@H](CN)C2)c1=O. The molecule has 0 unspecified atom stereocenters. The molecule has 0 bridgehead atoms. The maximum Gasteiger partial charge on any atom is 0.293 e. The topological polar surface area (TPSA) is 64.2 Å². The second kappa shape index (κ2) is 4.02. The molecule has 1 saturated heterocycles. The van der Waals surface area contributed by atoms with Crippen LogP contribution in [0.25, 0.3) is 0 Å². The van der Waals surface area contributed by atoms with E-state index in [0.717, 1.165) is 19.5 Å². The van der Waals surface area contributed by atoms with Crippen LogP contribution in [0.4, 0.5) is 5.82 Å². The molecule has 15 heavy (non-hydrogen) atoms. The molecule has 2 rings (SSSR count). The number of hydrogen-bond donors (Lipinski definition) is 1. The molecule has 1 aromatic rings. The van der Waals surface area contributed by atoms with E-state index in [1.807, 2.05) is 4.90 Å². The van der Waals surface area contributed by atoms with Gasteiger partial charge in [0, 0.05) is 32.5 Å². The summed E-state index contributed by atoms with van der Waals surface area (Å²) in [5.41, 5.74) is 5.58. The average molecular weight is 208 g/mol. The van der Waals surface area contributed by atoms with E-state index in [1.165, 1.54) is 0 Å². The minimum absolute atomic E-state index is 0.0322. The van der Waals surface area contributed by atoms with Crippen LogP contribution in [0, 0.1) is 5.92 Å². The largest absolute Gasteiger partial charge is 0.352 e. The standard InChI is InChI=1S/C10H16N4O/c1-13-5-3-12-9(10(13)15)14-4-2-8(6-11)7-14/h3,5,8H,2,4,6-7,11H2,1H3/t8-/m0/s1. The Hall–Kier alpha value is -1.36. The van der Waals surface area contributed by atoms with Crippen LogP contribution in [0.3, 0.4) is 0 Å². The molecule has 1 aliphatic rings. The van der Waals surface area contributed by atoms with E-state index < -0.39 is 0 Å². The van der Waals surface area contributed by atoms with Gasteiger partial charge in [-0.25, -0.2) is 4.98 Å². The van der Waals surface area contributed by atoms with E-state index >= 15 is 0 Å². The summed E-state index contributed by atoms with van der Waals surface area (Å²) in [5, 5.41) is 0. The van der Waals surface area contributed by atoms with Gasteiger partial charge in [-0.1, -0.05) is 0 Å². The first-order valence-corrected chi connectivity index (χ1v) is 5.19. The van der Waals surface area contributed by atoms with Gasteiger partial charge in [0.2, 0.25) is 0 Å². The molecule has 1 atom stereocenters. The fourth-order valence-corrected chi connectivity index (χ4v) is 1.92. The first-order chi connectivity index (χ1) is 7.22. The molecule has 1 aliphatic heterocycles. The van der Waals surface area contributed by atoms with Gasteiger partial charge >= 0.3 is 0 Å². The quantitative estimate of drug-likeness (QED) is 0.716. The molecule has 1 fully saturated rings. The molecule has 1 aromatic heterocycles. The Bertz CT molecular complexity index is 401. The van der Waals surface area contributed by atoms with E-state index in [-0.39, 0.29) is 5.56 Å². The van der Waals surface area contributed by atoms with Crippen LogP contribution < -0.4 is 16.2 Å². The van der Waals surface area contributed by atoms with Gasteiger partial charge in [-0.15, -0.1) is 0 Å². The number of rotatable bonds is 2. The minimum Gasteiger partial charge on any atom is -0.352 e. The fourth-order valence-electron chi connectivity index (χ4n) is 1.92. The Morgan fingerprint density at radius 1 is 1.67 bits per heavy atom. The Kier molecular flexibility index (Phi) is 2.73. The Balaban J connectivity index is 2.24. The van der Waals surface area contributed by atoms with Gasteiger partial charge in [0.25, 0.3) is 5.56 Å². The lowest BCUT2D eigenvalue weighted by Crippen LogP contribution is -2.31. The Labute approximate surface area is 88.5 Å². The molecular weight excluding hydrogens is 192 g/mol. The Morgan fingerprint density at radius 2 is 2.47 bits per heavy atom. The molecule has 0 aromatic carbocycles. The highest BCUT2D eigenvalue weighted by molar-refractivity contribution is 5.37. The summed E-state index contributed by atoms with van der Waals surface area (Å²) < 4.78 is 1.55. The van der Waals surface area contributed by atoms with E-state index in [4.69, 9.17) is 5.73 Å². The molecule has 0 aliphatic carbocycles. The summed E-state index contributed by atoms with van der Waals surface area (Å²) in [5.74, 6) is 1.05. The first kappa shape index (κ1) is 10.2. The third-order valence-electron chi connectivity index (χ3n) is 2.92. The van der Waals surface area contributed by atoms with Crippen LogP contribution in [0.15, 0.2) is 17.2 Å². The average Bonchev–Trinajstić information content (AvgIpc) is 2.70. The molecule has 2 heterocycles.